The van der Waals surface area contributed by atoms with Gasteiger partial charge in [-0.3, -0.25) is 0 Å². The number of carboxylic acid groups (broad SMARTS) is 1. The molecule has 6 nitrogen and oxygen atoms in total. The molecule has 0 atom stereocenters. The van der Waals surface area contributed by atoms with Gasteiger partial charge in [-0.05, 0) is 48.4 Å². The van der Waals surface area contributed by atoms with Gasteiger partial charge in [0.1, 0.15) is 0 Å². The molecule has 2 aromatic heterocycles. The monoisotopic (exact) mass is 487 g/mol. The van der Waals surface area contributed by atoms with Crippen molar-refractivity contribution in [3.8, 4) is 11.3 Å². The predicted octanol–water partition coefficient (Wildman–Crippen LogP) is 6.39. The molecule has 1 fully saturated rings. The minimum Gasteiger partial charge on any atom is -0.478 e. The van der Waals surface area contributed by atoms with E-state index in [1.807, 2.05) is 6.07 Å². The Morgan fingerprint density at radius 3 is 2.78 bits per heavy atom. The Bertz CT molecular complexity index is 1430. The van der Waals surface area contributed by atoms with E-state index in [9.17, 15) is 9.90 Å². The van der Waals surface area contributed by atoms with Crippen molar-refractivity contribution in [1.29, 1.82) is 0 Å². The van der Waals surface area contributed by atoms with Gasteiger partial charge in [-0.15, -0.1) is 0 Å². The van der Waals surface area contributed by atoms with E-state index >= 15 is 0 Å². The molecule has 2 aromatic carbocycles. The predicted molar refractivity (Wildman–Crippen MR) is 146 cm³/mol. The summed E-state index contributed by atoms with van der Waals surface area (Å²) >= 11 is 0. The summed E-state index contributed by atoms with van der Waals surface area (Å²) in [7, 11) is 1.73. The van der Waals surface area contributed by atoms with Crippen LogP contribution < -0.4 is 5.32 Å². The molecule has 36 heavy (non-hydrogen) atoms. The molecule has 0 radical (unpaired) electrons. The largest absolute Gasteiger partial charge is 0.478 e. The average molecular weight is 488 g/mol. The SMILES string of the molecule is COCCNCc1cn2c3c(cccc13)-c1c(C3CCCCC3)c3ccc(C(=O)O)cc3n1CCC2.[HH]. The first-order chi connectivity index (χ1) is 17.7. The van der Waals surface area contributed by atoms with E-state index in [-0.39, 0.29) is 1.43 Å². The maximum atomic E-state index is 11.9. The van der Waals surface area contributed by atoms with Crippen LogP contribution in [-0.2, 0) is 24.4 Å². The summed E-state index contributed by atoms with van der Waals surface area (Å²) in [6, 6.07) is 12.5. The minimum absolute atomic E-state index is 0. The fourth-order valence-corrected chi connectivity index (χ4v) is 6.58. The molecule has 0 bridgehead atoms. The van der Waals surface area contributed by atoms with Crippen molar-refractivity contribution in [2.24, 2.45) is 0 Å². The second-order valence-electron chi connectivity index (χ2n) is 10.4. The molecule has 4 aromatic rings. The molecule has 2 N–H and O–H groups in total. The molecule has 2 aliphatic rings. The third-order valence-electron chi connectivity index (χ3n) is 8.18. The summed E-state index contributed by atoms with van der Waals surface area (Å²) in [5, 5.41) is 15.8. The lowest BCUT2D eigenvalue weighted by Crippen LogP contribution is -2.18. The quantitative estimate of drug-likeness (QED) is 0.296. The number of fused-ring (bicyclic) bond motifs is 4. The maximum Gasteiger partial charge on any atom is 0.335 e. The summed E-state index contributed by atoms with van der Waals surface area (Å²) in [6.07, 6.45) is 9.59. The number of carboxylic acids is 1. The number of aromatic carboxylic acids is 1. The standard InChI is InChI=1S/C30H35N3O3.H2/c1-36-16-13-31-18-22-19-32-14-6-15-33-26-17-21(30(34)35)11-12-24(26)27(20-7-3-2-4-8-20)29(33)25-10-5-9-23(22)28(25)32;/h5,9-12,17,19-20,31H,2-4,6-8,13-16,18H2,1H3,(H,34,35);1H. The smallest absolute Gasteiger partial charge is 0.335 e. The number of aromatic nitrogens is 2. The van der Waals surface area contributed by atoms with Gasteiger partial charge in [0.25, 0.3) is 0 Å². The molecule has 1 aliphatic heterocycles. The van der Waals surface area contributed by atoms with Crippen LogP contribution in [-0.4, -0.2) is 40.5 Å². The Hall–Kier alpha value is -3.09. The second kappa shape index (κ2) is 9.75. The lowest BCUT2D eigenvalue weighted by atomic mass is 9.81. The van der Waals surface area contributed by atoms with Gasteiger partial charge in [-0.25, -0.2) is 4.79 Å². The normalized spacial score (nSPS) is 16.2. The van der Waals surface area contributed by atoms with E-state index in [0.29, 0.717) is 18.1 Å². The highest BCUT2D eigenvalue weighted by Crippen LogP contribution is 2.46. The Morgan fingerprint density at radius 2 is 1.97 bits per heavy atom. The van der Waals surface area contributed by atoms with Crippen LogP contribution in [0.25, 0.3) is 33.1 Å². The highest BCUT2D eigenvalue weighted by Gasteiger charge is 2.29. The van der Waals surface area contributed by atoms with E-state index in [0.717, 1.165) is 38.1 Å². The number of nitrogens with zero attached hydrogens (tertiary/aromatic N) is 2. The van der Waals surface area contributed by atoms with Crippen LogP contribution in [0.2, 0.25) is 0 Å². The van der Waals surface area contributed by atoms with Crippen molar-refractivity contribution in [3.63, 3.8) is 0 Å². The Balaban J connectivity index is 0.00000280. The molecule has 0 saturated heterocycles. The third kappa shape index (κ3) is 3.93. The molecular weight excluding hydrogens is 450 g/mol. The zero-order valence-electron chi connectivity index (χ0n) is 21.1. The van der Waals surface area contributed by atoms with Crippen molar-refractivity contribution < 1.29 is 16.1 Å². The van der Waals surface area contributed by atoms with E-state index in [4.69, 9.17) is 4.74 Å². The number of ether oxygens (including phenoxy) is 1. The summed E-state index contributed by atoms with van der Waals surface area (Å²) < 4.78 is 10.1. The van der Waals surface area contributed by atoms with Crippen molar-refractivity contribution in [2.45, 2.75) is 64.1 Å². The van der Waals surface area contributed by atoms with Crippen molar-refractivity contribution >= 4 is 27.8 Å². The fourth-order valence-electron chi connectivity index (χ4n) is 6.58. The first kappa shape index (κ1) is 23.3. The molecule has 1 saturated carbocycles. The molecule has 6 rings (SSSR count). The van der Waals surface area contributed by atoms with Crippen LogP contribution in [0.4, 0.5) is 0 Å². The van der Waals surface area contributed by atoms with Gasteiger partial charge < -0.3 is 24.3 Å². The molecule has 6 heteroatoms. The molecule has 0 spiro atoms. The molecule has 190 valence electrons. The number of methoxy groups -OCH3 is 1. The topological polar surface area (TPSA) is 68.4 Å². The minimum atomic E-state index is -0.862. The first-order valence-corrected chi connectivity index (χ1v) is 13.4. The number of carbonyl (C=O) groups is 1. The highest BCUT2D eigenvalue weighted by atomic mass is 16.5. The van der Waals surface area contributed by atoms with Gasteiger partial charge in [0.2, 0.25) is 0 Å². The van der Waals surface area contributed by atoms with Crippen LogP contribution in [0.15, 0.2) is 42.6 Å². The fraction of sp³-hybridized carbons (Fsp3) is 0.433. The van der Waals surface area contributed by atoms with Crippen molar-refractivity contribution in [3.05, 3.63) is 59.3 Å². The highest BCUT2D eigenvalue weighted by molar-refractivity contribution is 6.03. The zero-order chi connectivity index (χ0) is 24.6. The summed E-state index contributed by atoms with van der Waals surface area (Å²) in [5.41, 5.74) is 8.09. The van der Waals surface area contributed by atoms with Crippen LogP contribution in [0.5, 0.6) is 0 Å². The Kier molecular flexibility index (Phi) is 6.32. The summed E-state index contributed by atoms with van der Waals surface area (Å²) in [6.45, 7) is 4.18. The number of hydrogen-bond acceptors (Lipinski definition) is 3. The van der Waals surface area contributed by atoms with Crippen LogP contribution in [0.1, 0.15) is 67.4 Å². The third-order valence-corrected chi connectivity index (χ3v) is 8.18. The van der Waals surface area contributed by atoms with Gasteiger partial charge in [0.05, 0.1) is 23.4 Å². The zero-order valence-corrected chi connectivity index (χ0v) is 21.1. The average Bonchev–Trinajstić information content (AvgIpc) is 3.41. The Morgan fingerprint density at radius 1 is 1.11 bits per heavy atom. The summed E-state index contributed by atoms with van der Waals surface area (Å²) in [5.74, 6) is -0.347. The Labute approximate surface area is 213 Å². The van der Waals surface area contributed by atoms with Gasteiger partial charge >= 0.3 is 5.97 Å². The molecule has 1 aliphatic carbocycles. The van der Waals surface area contributed by atoms with Crippen LogP contribution in [0, 0.1) is 0 Å². The lowest BCUT2D eigenvalue weighted by Gasteiger charge is -2.25. The number of benzene rings is 2. The number of hydrogen-bond donors (Lipinski definition) is 2. The van der Waals surface area contributed by atoms with Crippen molar-refractivity contribution in [2.75, 3.05) is 20.3 Å². The van der Waals surface area contributed by atoms with Gasteiger partial charge in [0.15, 0.2) is 0 Å². The molecule has 0 amide bonds. The van der Waals surface area contributed by atoms with E-state index in [1.54, 1.807) is 13.2 Å². The van der Waals surface area contributed by atoms with E-state index in [2.05, 4.69) is 44.9 Å². The molecule has 0 unspecified atom stereocenters. The van der Waals surface area contributed by atoms with Gasteiger partial charge in [-0.2, -0.15) is 0 Å². The van der Waals surface area contributed by atoms with Crippen LogP contribution >= 0.6 is 0 Å². The van der Waals surface area contributed by atoms with Gasteiger partial charge in [-0.1, -0.05) is 43.5 Å². The van der Waals surface area contributed by atoms with E-state index < -0.39 is 5.97 Å². The first-order valence-electron chi connectivity index (χ1n) is 13.4. The van der Waals surface area contributed by atoms with Gasteiger partial charge in [0, 0.05) is 62.8 Å². The number of rotatable bonds is 7. The van der Waals surface area contributed by atoms with E-state index in [1.165, 1.54) is 70.8 Å². The molecule has 3 heterocycles. The lowest BCUT2D eigenvalue weighted by molar-refractivity contribution is 0.0697. The number of aryl methyl sites for hydroxylation is 2. The van der Waals surface area contributed by atoms with Crippen molar-refractivity contribution in [1.82, 2.24) is 14.5 Å². The number of nitrogens with one attached hydrogen (secondary N) is 1. The van der Waals surface area contributed by atoms with Crippen LogP contribution in [0.3, 0.4) is 0 Å². The number of para-hydroxylation sites is 1. The summed E-state index contributed by atoms with van der Waals surface area (Å²) in [4.78, 5) is 11.9. The maximum absolute atomic E-state index is 11.9. The second-order valence-corrected chi connectivity index (χ2v) is 10.4. The molecular formula is C30H37N3O3.